The number of hydrogen-bond donors (Lipinski definition) is 1. The first kappa shape index (κ1) is 22.0. The third kappa shape index (κ3) is 5.15. The predicted molar refractivity (Wildman–Crippen MR) is 122 cm³/mol. The maximum Gasteiger partial charge on any atom is 0.240 e. The first-order chi connectivity index (χ1) is 14.9. The normalized spacial score (nSPS) is 15.5. The molecule has 7 nitrogen and oxygen atoms in total. The van der Waals surface area contributed by atoms with E-state index in [1.807, 2.05) is 38.1 Å². The number of nitrogens with zero attached hydrogens (tertiary/aromatic N) is 3. The fourth-order valence-electron chi connectivity index (χ4n) is 3.89. The van der Waals surface area contributed by atoms with Crippen LogP contribution in [-0.4, -0.2) is 62.3 Å². The molecular formula is C23H30N4O3S. The van der Waals surface area contributed by atoms with E-state index in [4.69, 9.17) is 9.72 Å². The van der Waals surface area contributed by atoms with Gasteiger partial charge in [0, 0.05) is 39.1 Å². The third-order valence-corrected chi connectivity index (χ3v) is 7.37. The zero-order chi connectivity index (χ0) is 21.8. The Morgan fingerprint density at radius 1 is 1.03 bits per heavy atom. The highest BCUT2D eigenvalue weighted by Gasteiger charge is 2.17. The minimum Gasteiger partial charge on any atom is -0.379 e. The SMILES string of the molecule is Cc1ccc(S(=O)(=O)NCCc2nc3ccccc3n2CCN2CCOCC2)cc1C. The third-order valence-electron chi connectivity index (χ3n) is 5.91. The van der Waals surface area contributed by atoms with E-state index in [1.54, 1.807) is 12.1 Å². The quantitative estimate of drug-likeness (QED) is 0.580. The molecule has 1 aliphatic rings. The summed E-state index contributed by atoms with van der Waals surface area (Å²) in [5, 5.41) is 0. The number of aromatic nitrogens is 2. The van der Waals surface area contributed by atoms with Gasteiger partial charge in [-0.15, -0.1) is 0 Å². The van der Waals surface area contributed by atoms with Gasteiger partial charge in [-0.25, -0.2) is 18.1 Å². The van der Waals surface area contributed by atoms with Crippen LogP contribution in [0.15, 0.2) is 47.4 Å². The van der Waals surface area contributed by atoms with Crippen LogP contribution in [0.4, 0.5) is 0 Å². The molecular weight excluding hydrogens is 412 g/mol. The molecule has 166 valence electrons. The van der Waals surface area contributed by atoms with E-state index in [2.05, 4.69) is 20.3 Å². The van der Waals surface area contributed by atoms with Crippen LogP contribution in [0.3, 0.4) is 0 Å². The van der Waals surface area contributed by atoms with Crippen molar-refractivity contribution in [2.75, 3.05) is 39.4 Å². The largest absolute Gasteiger partial charge is 0.379 e. The van der Waals surface area contributed by atoms with E-state index in [1.165, 1.54) is 0 Å². The summed E-state index contributed by atoms with van der Waals surface area (Å²) in [5.41, 5.74) is 4.07. The van der Waals surface area contributed by atoms with E-state index in [9.17, 15) is 8.42 Å². The van der Waals surface area contributed by atoms with Crippen molar-refractivity contribution in [1.29, 1.82) is 0 Å². The van der Waals surface area contributed by atoms with Gasteiger partial charge >= 0.3 is 0 Å². The van der Waals surface area contributed by atoms with Crippen molar-refractivity contribution in [2.24, 2.45) is 0 Å². The lowest BCUT2D eigenvalue weighted by Crippen LogP contribution is -2.38. The second kappa shape index (κ2) is 9.48. The van der Waals surface area contributed by atoms with Crippen molar-refractivity contribution >= 4 is 21.1 Å². The molecule has 1 N–H and O–H groups in total. The number of nitrogens with one attached hydrogen (secondary N) is 1. The topological polar surface area (TPSA) is 76.5 Å². The maximum atomic E-state index is 12.7. The Bertz CT molecular complexity index is 1150. The van der Waals surface area contributed by atoms with Crippen LogP contribution in [0.2, 0.25) is 0 Å². The molecule has 3 aromatic rings. The van der Waals surface area contributed by atoms with Crippen LogP contribution >= 0.6 is 0 Å². The number of imidazole rings is 1. The molecule has 0 aliphatic carbocycles. The average Bonchev–Trinajstić information content (AvgIpc) is 3.12. The van der Waals surface area contributed by atoms with Crippen molar-refractivity contribution in [2.45, 2.75) is 31.7 Å². The van der Waals surface area contributed by atoms with Crippen LogP contribution in [0.5, 0.6) is 0 Å². The van der Waals surface area contributed by atoms with Crippen LogP contribution < -0.4 is 4.72 Å². The minimum absolute atomic E-state index is 0.302. The van der Waals surface area contributed by atoms with Crippen molar-refractivity contribution in [3.8, 4) is 0 Å². The number of ether oxygens (including phenoxy) is 1. The second-order valence-corrected chi connectivity index (χ2v) is 9.78. The van der Waals surface area contributed by atoms with Gasteiger partial charge in [-0.1, -0.05) is 18.2 Å². The summed E-state index contributed by atoms with van der Waals surface area (Å²) in [6.07, 6.45) is 0.530. The first-order valence-electron chi connectivity index (χ1n) is 10.8. The first-order valence-corrected chi connectivity index (χ1v) is 12.2. The molecule has 0 saturated carbocycles. The second-order valence-electron chi connectivity index (χ2n) is 8.02. The highest BCUT2D eigenvalue weighted by atomic mass is 32.2. The fourth-order valence-corrected chi connectivity index (χ4v) is 5.01. The predicted octanol–water partition coefficient (Wildman–Crippen LogP) is 2.51. The summed E-state index contributed by atoms with van der Waals surface area (Å²) in [5.74, 6) is 0.900. The van der Waals surface area contributed by atoms with Gasteiger partial charge in [0.1, 0.15) is 5.82 Å². The van der Waals surface area contributed by atoms with E-state index in [0.29, 0.717) is 17.9 Å². The average molecular weight is 443 g/mol. The molecule has 4 rings (SSSR count). The monoisotopic (exact) mass is 442 g/mol. The molecule has 0 atom stereocenters. The summed E-state index contributed by atoms with van der Waals surface area (Å²) >= 11 is 0. The van der Waals surface area contributed by atoms with Crippen molar-refractivity contribution in [3.05, 3.63) is 59.4 Å². The van der Waals surface area contributed by atoms with Gasteiger partial charge in [0.2, 0.25) is 10.0 Å². The molecule has 8 heteroatoms. The summed E-state index contributed by atoms with van der Waals surface area (Å²) in [7, 11) is -3.55. The van der Waals surface area contributed by atoms with Crippen LogP contribution in [0.1, 0.15) is 17.0 Å². The Kier molecular flexibility index (Phi) is 6.71. The molecule has 0 amide bonds. The number of hydrogen-bond acceptors (Lipinski definition) is 5. The summed E-state index contributed by atoms with van der Waals surface area (Å²) in [6.45, 7) is 9.37. The highest BCUT2D eigenvalue weighted by Crippen LogP contribution is 2.18. The summed E-state index contributed by atoms with van der Waals surface area (Å²) in [6, 6.07) is 13.3. The molecule has 31 heavy (non-hydrogen) atoms. The lowest BCUT2D eigenvalue weighted by atomic mass is 10.1. The number of para-hydroxylation sites is 2. The Hall–Kier alpha value is -2.26. The van der Waals surface area contributed by atoms with Crippen LogP contribution in [0.25, 0.3) is 11.0 Å². The lowest BCUT2D eigenvalue weighted by Gasteiger charge is -2.27. The molecule has 0 spiro atoms. The van der Waals surface area contributed by atoms with Gasteiger partial charge in [-0.3, -0.25) is 4.90 Å². The van der Waals surface area contributed by atoms with Gasteiger partial charge in [0.25, 0.3) is 0 Å². The van der Waals surface area contributed by atoms with Crippen LogP contribution in [-0.2, 0) is 27.7 Å². The molecule has 2 aromatic carbocycles. The molecule has 1 saturated heterocycles. The van der Waals surface area contributed by atoms with Gasteiger partial charge in [-0.05, 0) is 49.2 Å². The molecule has 0 radical (unpaired) electrons. The zero-order valence-corrected chi connectivity index (χ0v) is 19.0. The van der Waals surface area contributed by atoms with Crippen LogP contribution in [0, 0.1) is 13.8 Å². The summed E-state index contributed by atoms with van der Waals surface area (Å²) in [4.78, 5) is 7.47. The molecule has 1 aromatic heterocycles. The standard InChI is InChI=1S/C23H30N4O3S/c1-18-7-8-20(17-19(18)2)31(28,29)24-10-9-23-25-21-5-3-4-6-22(21)27(23)12-11-26-13-15-30-16-14-26/h3-8,17,24H,9-16H2,1-2H3. The Balaban J connectivity index is 1.46. The Morgan fingerprint density at radius 2 is 1.81 bits per heavy atom. The van der Waals surface area contributed by atoms with E-state index >= 15 is 0 Å². The van der Waals surface area contributed by atoms with E-state index in [-0.39, 0.29) is 0 Å². The van der Waals surface area contributed by atoms with Gasteiger partial charge < -0.3 is 9.30 Å². The Labute approximate surface area is 184 Å². The minimum atomic E-state index is -3.55. The molecule has 2 heterocycles. The number of sulfonamides is 1. The van der Waals surface area contributed by atoms with E-state index in [0.717, 1.165) is 67.4 Å². The molecule has 0 bridgehead atoms. The molecule has 1 fully saturated rings. The molecule has 0 unspecified atom stereocenters. The number of benzene rings is 2. The number of fused-ring (bicyclic) bond motifs is 1. The smallest absolute Gasteiger partial charge is 0.240 e. The van der Waals surface area contributed by atoms with Crippen molar-refractivity contribution in [1.82, 2.24) is 19.2 Å². The van der Waals surface area contributed by atoms with Gasteiger partial charge in [-0.2, -0.15) is 0 Å². The Morgan fingerprint density at radius 3 is 2.58 bits per heavy atom. The maximum absolute atomic E-state index is 12.7. The fraction of sp³-hybridized carbons (Fsp3) is 0.435. The molecule has 1 aliphatic heterocycles. The lowest BCUT2D eigenvalue weighted by molar-refractivity contribution is 0.0364. The number of aryl methyl sites for hydroxylation is 2. The van der Waals surface area contributed by atoms with E-state index < -0.39 is 10.0 Å². The number of rotatable bonds is 8. The van der Waals surface area contributed by atoms with Gasteiger partial charge in [0.05, 0.1) is 29.1 Å². The van der Waals surface area contributed by atoms with Gasteiger partial charge in [0.15, 0.2) is 0 Å². The van der Waals surface area contributed by atoms with Crippen molar-refractivity contribution in [3.63, 3.8) is 0 Å². The highest BCUT2D eigenvalue weighted by molar-refractivity contribution is 7.89. The number of morpholine rings is 1. The van der Waals surface area contributed by atoms with Crippen molar-refractivity contribution < 1.29 is 13.2 Å². The summed E-state index contributed by atoms with van der Waals surface area (Å²) < 4.78 is 35.8. The zero-order valence-electron chi connectivity index (χ0n) is 18.2.